The average Bonchev–Trinajstić information content (AvgIpc) is 3.54. The lowest BCUT2D eigenvalue weighted by Crippen LogP contribution is -2.41. The summed E-state index contributed by atoms with van der Waals surface area (Å²) in [7, 11) is 0. The van der Waals surface area contributed by atoms with E-state index in [1.807, 2.05) is 55.5 Å². The Hall–Kier alpha value is -5.04. The predicted octanol–water partition coefficient (Wildman–Crippen LogP) is 5.35. The van der Waals surface area contributed by atoms with Crippen LogP contribution in [0.2, 0.25) is 0 Å². The quantitative estimate of drug-likeness (QED) is 0.188. The van der Waals surface area contributed by atoms with Crippen molar-refractivity contribution in [3.63, 3.8) is 0 Å². The Morgan fingerprint density at radius 3 is 1.81 bits per heavy atom. The summed E-state index contributed by atoms with van der Waals surface area (Å²) in [5, 5.41) is 0. The summed E-state index contributed by atoms with van der Waals surface area (Å²) in [5.74, 6) is -2.88. The zero-order chi connectivity index (χ0) is 29.4. The first-order valence-corrected chi connectivity index (χ1v) is 14.6. The van der Waals surface area contributed by atoms with E-state index >= 15 is 0 Å². The number of nitrogens with zero attached hydrogens (tertiary/aromatic N) is 2. The lowest BCUT2D eigenvalue weighted by molar-refractivity contribution is -0.139. The first kappa shape index (κ1) is 25.7. The van der Waals surface area contributed by atoms with Gasteiger partial charge in [0.2, 0.25) is 17.7 Å². The second kappa shape index (κ2) is 9.49. The van der Waals surface area contributed by atoms with Crippen LogP contribution in [0.3, 0.4) is 0 Å². The number of imide groups is 1. The van der Waals surface area contributed by atoms with E-state index in [1.54, 1.807) is 29.2 Å². The SMILES string of the molecule is Cc1ccc(N2C[C@H](C(=O)Oc3cccc(N4C(=O)[C@@H]5C6c7ccccc7C(c7ccccc76)[C@@H]5C4=O)c3)CC2=O)cc1. The number of carbonyl (C=O) groups excluding carboxylic acids is 4. The molecule has 5 aliphatic rings. The number of esters is 1. The van der Waals surface area contributed by atoms with Crippen molar-refractivity contribution in [2.45, 2.75) is 25.2 Å². The smallest absolute Gasteiger partial charge is 0.316 e. The van der Waals surface area contributed by atoms with Gasteiger partial charge < -0.3 is 9.64 Å². The Balaban J connectivity index is 1.06. The molecule has 2 fully saturated rings. The molecule has 212 valence electrons. The maximum Gasteiger partial charge on any atom is 0.316 e. The molecule has 2 heterocycles. The van der Waals surface area contributed by atoms with Crippen LogP contribution >= 0.6 is 0 Å². The highest BCUT2D eigenvalue weighted by Gasteiger charge is 2.61. The Bertz CT molecular complexity index is 1730. The van der Waals surface area contributed by atoms with Gasteiger partial charge in [0.05, 0.1) is 23.4 Å². The summed E-state index contributed by atoms with van der Waals surface area (Å²) in [4.78, 5) is 56.9. The highest BCUT2D eigenvalue weighted by molar-refractivity contribution is 6.23. The molecule has 4 aromatic carbocycles. The van der Waals surface area contributed by atoms with Crippen LogP contribution in [0.4, 0.5) is 11.4 Å². The molecule has 7 nitrogen and oxygen atoms in total. The van der Waals surface area contributed by atoms with Crippen LogP contribution in [-0.4, -0.2) is 30.2 Å². The molecule has 3 atom stereocenters. The van der Waals surface area contributed by atoms with Gasteiger partial charge in [0.25, 0.3) is 0 Å². The molecule has 0 aromatic heterocycles. The fourth-order valence-corrected chi connectivity index (χ4v) is 7.66. The van der Waals surface area contributed by atoms with Crippen molar-refractivity contribution >= 4 is 35.1 Å². The highest BCUT2D eigenvalue weighted by Crippen LogP contribution is 2.61. The lowest BCUT2D eigenvalue weighted by atomic mass is 9.55. The largest absolute Gasteiger partial charge is 0.426 e. The number of rotatable bonds is 4. The Labute approximate surface area is 248 Å². The maximum atomic E-state index is 14.1. The molecule has 2 saturated heterocycles. The monoisotopic (exact) mass is 568 g/mol. The third-order valence-electron chi connectivity index (χ3n) is 9.55. The van der Waals surface area contributed by atoms with E-state index in [1.165, 1.54) is 4.90 Å². The van der Waals surface area contributed by atoms with E-state index in [2.05, 4.69) is 24.3 Å². The van der Waals surface area contributed by atoms with Crippen LogP contribution in [0.15, 0.2) is 97.1 Å². The first-order chi connectivity index (χ1) is 20.9. The van der Waals surface area contributed by atoms with E-state index in [-0.39, 0.29) is 48.3 Å². The third kappa shape index (κ3) is 3.80. The second-order valence-corrected chi connectivity index (χ2v) is 11.9. The van der Waals surface area contributed by atoms with E-state index in [0.29, 0.717) is 5.69 Å². The third-order valence-corrected chi connectivity index (χ3v) is 9.55. The van der Waals surface area contributed by atoms with E-state index in [0.717, 1.165) is 33.5 Å². The van der Waals surface area contributed by atoms with Gasteiger partial charge in [-0.05, 0) is 53.4 Å². The van der Waals surface area contributed by atoms with Gasteiger partial charge >= 0.3 is 5.97 Å². The number of benzene rings is 4. The van der Waals surface area contributed by atoms with Crippen LogP contribution in [0.1, 0.15) is 46.1 Å². The van der Waals surface area contributed by atoms with E-state index in [9.17, 15) is 19.2 Å². The van der Waals surface area contributed by atoms with Gasteiger partial charge in [-0.25, -0.2) is 4.90 Å². The van der Waals surface area contributed by atoms with Crippen LogP contribution in [-0.2, 0) is 19.2 Å². The number of ether oxygens (including phenoxy) is 1. The van der Waals surface area contributed by atoms with Gasteiger partial charge in [-0.15, -0.1) is 0 Å². The van der Waals surface area contributed by atoms with Crippen LogP contribution in [0, 0.1) is 24.7 Å². The van der Waals surface area contributed by atoms with Gasteiger partial charge in [0, 0.05) is 36.6 Å². The summed E-state index contributed by atoms with van der Waals surface area (Å²) < 4.78 is 5.73. The summed E-state index contributed by atoms with van der Waals surface area (Å²) in [5.41, 5.74) is 6.67. The number of hydrogen-bond donors (Lipinski definition) is 0. The topological polar surface area (TPSA) is 84.0 Å². The summed E-state index contributed by atoms with van der Waals surface area (Å²) >= 11 is 0. The minimum atomic E-state index is -0.622. The fraction of sp³-hybridized carbons (Fsp3) is 0.222. The van der Waals surface area contributed by atoms with Crippen molar-refractivity contribution < 1.29 is 23.9 Å². The molecular weight excluding hydrogens is 540 g/mol. The fourth-order valence-electron chi connectivity index (χ4n) is 7.66. The summed E-state index contributed by atoms with van der Waals surface area (Å²) in [6, 6.07) is 30.5. The van der Waals surface area contributed by atoms with Crippen LogP contribution in [0.5, 0.6) is 5.75 Å². The van der Waals surface area contributed by atoms with Crippen molar-refractivity contribution in [3.8, 4) is 5.75 Å². The van der Waals surface area contributed by atoms with Crippen molar-refractivity contribution in [2.24, 2.45) is 17.8 Å². The van der Waals surface area contributed by atoms with Gasteiger partial charge in [0.1, 0.15) is 5.75 Å². The van der Waals surface area contributed by atoms with E-state index < -0.39 is 23.7 Å². The maximum absolute atomic E-state index is 14.1. The standard InChI is InChI=1S/C36H28N2O5/c1-20-13-15-22(16-14-20)37-19-21(17-29(37)39)36(42)43-24-8-6-7-23(18-24)38-34(40)32-30-25-9-2-3-10-26(25)31(33(32)35(38)41)28-12-5-4-11-27(28)30/h2-16,18,21,30-33H,17,19H2,1H3/t21-,30?,31?,32-,33+/m1/s1. The van der Waals surface area contributed by atoms with Crippen molar-refractivity contribution in [3.05, 3.63) is 125 Å². The molecule has 43 heavy (non-hydrogen) atoms. The lowest BCUT2D eigenvalue weighted by Gasteiger charge is -2.45. The molecule has 0 spiro atoms. The van der Waals surface area contributed by atoms with Crippen LogP contribution < -0.4 is 14.5 Å². The molecule has 2 bridgehead atoms. The molecule has 2 aliphatic heterocycles. The molecule has 0 N–H and O–H groups in total. The zero-order valence-electron chi connectivity index (χ0n) is 23.5. The predicted molar refractivity (Wildman–Crippen MR) is 160 cm³/mol. The number of aryl methyl sites for hydroxylation is 1. The Morgan fingerprint density at radius 1 is 0.698 bits per heavy atom. The first-order valence-electron chi connectivity index (χ1n) is 14.6. The normalized spacial score (nSPS) is 25.0. The Kier molecular flexibility index (Phi) is 5.66. The number of amides is 3. The van der Waals surface area contributed by atoms with Crippen LogP contribution in [0.25, 0.3) is 0 Å². The molecule has 0 saturated carbocycles. The van der Waals surface area contributed by atoms with Crippen molar-refractivity contribution in [2.75, 3.05) is 16.3 Å². The molecule has 3 amide bonds. The van der Waals surface area contributed by atoms with Gasteiger partial charge in [-0.3, -0.25) is 19.2 Å². The minimum absolute atomic E-state index is 0.0583. The van der Waals surface area contributed by atoms with E-state index in [4.69, 9.17) is 4.74 Å². The van der Waals surface area contributed by atoms with Gasteiger partial charge in [-0.2, -0.15) is 0 Å². The molecule has 0 radical (unpaired) electrons. The minimum Gasteiger partial charge on any atom is -0.426 e. The molecular formula is C36H28N2O5. The molecule has 4 aromatic rings. The van der Waals surface area contributed by atoms with Gasteiger partial charge in [0.15, 0.2) is 0 Å². The van der Waals surface area contributed by atoms with Gasteiger partial charge in [-0.1, -0.05) is 72.3 Å². The highest BCUT2D eigenvalue weighted by atomic mass is 16.5. The number of anilines is 2. The molecule has 9 rings (SSSR count). The van der Waals surface area contributed by atoms with Crippen molar-refractivity contribution in [1.29, 1.82) is 0 Å². The summed E-state index contributed by atoms with van der Waals surface area (Å²) in [6.07, 6.45) is 0.0583. The second-order valence-electron chi connectivity index (χ2n) is 11.9. The molecule has 3 aliphatic carbocycles. The average molecular weight is 569 g/mol. The summed E-state index contributed by atoms with van der Waals surface area (Å²) in [6.45, 7) is 2.21. The Morgan fingerprint density at radius 2 is 1.26 bits per heavy atom. The van der Waals surface area contributed by atoms with Crippen molar-refractivity contribution in [1.82, 2.24) is 0 Å². The zero-order valence-corrected chi connectivity index (χ0v) is 23.5. The molecule has 7 heteroatoms. The number of carbonyl (C=O) groups is 4. The molecule has 0 unspecified atom stereocenters. The number of hydrogen-bond acceptors (Lipinski definition) is 5.